The number of amides is 4. The molecule has 0 aromatic carbocycles. The molecule has 88 valence electrons. The number of hydrogen-bond donors (Lipinski definition) is 1. The maximum atomic E-state index is 11.9. The lowest BCUT2D eigenvalue weighted by Gasteiger charge is -2.34. The number of hydrogen-bond acceptors (Lipinski definition) is 3. The number of rotatable bonds is 2. The van der Waals surface area contributed by atoms with Gasteiger partial charge in [-0.2, -0.15) is 0 Å². The largest absolute Gasteiger partial charge is 0.331 e. The fraction of sp³-hybridized carbons (Fsp3) is 0.545. The first-order chi connectivity index (χ1) is 7.26. The van der Waals surface area contributed by atoms with Crippen LogP contribution in [0.4, 0.5) is 4.79 Å². The highest BCUT2D eigenvalue weighted by Crippen LogP contribution is 2.23. The molecule has 1 fully saturated rings. The minimum Gasteiger partial charge on any atom is -0.277 e. The molecule has 16 heavy (non-hydrogen) atoms. The zero-order chi connectivity index (χ0) is 12.5. The Bertz CT molecular complexity index is 379. The molecule has 1 heterocycles. The summed E-state index contributed by atoms with van der Waals surface area (Å²) in [7, 11) is 0. The summed E-state index contributed by atoms with van der Waals surface area (Å²) < 4.78 is 0. The van der Waals surface area contributed by atoms with Gasteiger partial charge in [0.25, 0.3) is 0 Å². The first-order valence-electron chi connectivity index (χ1n) is 5.07. The van der Waals surface area contributed by atoms with Crippen LogP contribution in [0, 0.1) is 5.41 Å². The molecular weight excluding hydrogens is 208 g/mol. The lowest BCUT2D eigenvalue weighted by molar-refractivity contribution is -0.148. The SMILES string of the molecule is CC(C)=CCN1C(=O)NC(=O)C(C)(C)C1=O. The van der Waals surface area contributed by atoms with Crippen LogP contribution in [0.25, 0.3) is 0 Å². The fourth-order valence-corrected chi connectivity index (χ4v) is 1.29. The second kappa shape index (κ2) is 4.08. The first-order valence-corrected chi connectivity index (χ1v) is 5.07. The predicted molar refractivity (Wildman–Crippen MR) is 58.5 cm³/mol. The van der Waals surface area contributed by atoms with Crippen LogP contribution in [0.15, 0.2) is 11.6 Å². The van der Waals surface area contributed by atoms with Crippen LogP contribution in [-0.4, -0.2) is 29.3 Å². The van der Waals surface area contributed by atoms with E-state index in [1.807, 2.05) is 13.8 Å². The Balaban J connectivity index is 2.93. The van der Waals surface area contributed by atoms with Gasteiger partial charge in [0.05, 0.1) is 0 Å². The van der Waals surface area contributed by atoms with Crippen LogP contribution in [-0.2, 0) is 9.59 Å². The van der Waals surface area contributed by atoms with E-state index in [1.165, 1.54) is 13.8 Å². The van der Waals surface area contributed by atoms with Gasteiger partial charge in [0, 0.05) is 6.54 Å². The quantitative estimate of drug-likeness (QED) is 0.563. The minimum absolute atomic E-state index is 0.198. The number of urea groups is 1. The van der Waals surface area contributed by atoms with Gasteiger partial charge in [-0.3, -0.25) is 19.8 Å². The smallest absolute Gasteiger partial charge is 0.277 e. The van der Waals surface area contributed by atoms with Crippen molar-refractivity contribution in [1.82, 2.24) is 10.2 Å². The monoisotopic (exact) mass is 224 g/mol. The van der Waals surface area contributed by atoms with Crippen LogP contribution in [0.1, 0.15) is 27.7 Å². The predicted octanol–water partition coefficient (Wildman–Crippen LogP) is 1.06. The van der Waals surface area contributed by atoms with Crippen LogP contribution in [0.3, 0.4) is 0 Å². The van der Waals surface area contributed by atoms with Gasteiger partial charge in [-0.15, -0.1) is 0 Å². The van der Waals surface area contributed by atoms with E-state index >= 15 is 0 Å². The van der Waals surface area contributed by atoms with Crippen molar-refractivity contribution < 1.29 is 14.4 Å². The van der Waals surface area contributed by atoms with Gasteiger partial charge in [-0.1, -0.05) is 11.6 Å². The fourth-order valence-electron chi connectivity index (χ4n) is 1.29. The Morgan fingerprint density at radius 2 is 1.88 bits per heavy atom. The first kappa shape index (κ1) is 12.4. The molecule has 0 saturated carbocycles. The average molecular weight is 224 g/mol. The summed E-state index contributed by atoms with van der Waals surface area (Å²) in [6.45, 7) is 6.97. The third-order valence-electron chi connectivity index (χ3n) is 2.50. The van der Waals surface area contributed by atoms with Crippen molar-refractivity contribution in [3.8, 4) is 0 Å². The Labute approximate surface area is 94.5 Å². The molecule has 1 rings (SSSR count). The highest BCUT2D eigenvalue weighted by molar-refractivity contribution is 6.18. The molecule has 0 unspecified atom stereocenters. The van der Waals surface area contributed by atoms with Crippen molar-refractivity contribution in [3.63, 3.8) is 0 Å². The second-order valence-electron chi connectivity index (χ2n) is 4.58. The van der Waals surface area contributed by atoms with E-state index in [-0.39, 0.29) is 6.54 Å². The summed E-state index contributed by atoms with van der Waals surface area (Å²) in [4.78, 5) is 35.8. The molecule has 0 spiro atoms. The molecule has 0 bridgehead atoms. The average Bonchev–Trinajstić information content (AvgIpc) is 2.15. The van der Waals surface area contributed by atoms with Crippen LogP contribution < -0.4 is 5.32 Å². The van der Waals surface area contributed by atoms with Gasteiger partial charge < -0.3 is 0 Å². The van der Waals surface area contributed by atoms with E-state index in [2.05, 4.69) is 5.32 Å². The van der Waals surface area contributed by atoms with E-state index in [0.717, 1.165) is 10.5 Å². The van der Waals surface area contributed by atoms with Crippen molar-refractivity contribution in [1.29, 1.82) is 0 Å². The van der Waals surface area contributed by atoms with E-state index in [9.17, 15) is 14.4 Å². The summed E-state index contributed by atoms with van der Waals surface area (Å²) in [5.41, 5.74) is -0.168. The molecule has 0 aromatic rings. The number of barbiturate groups is 1. The molecule has 0 radical (unpaired) electrons. The molecule has 1 N–H and O–H groups in total. The Hall–Kier alpha value is -1.65. The molecular formula is C11H16N2O3. The molecule has 0 aromatic heterocycles. The van der Waals surface area contributed by atoms with E-state index < -0.39 is 23.3 Å². The maximum Gasteiger partial charge on any atom is 0.331 e. The van der Waals surface area contributed by atoms with E-state index in [4.69, 9.17) is 0 Å². The summed E-state index contributed by atoms with van der Waals surface area (Å²) >= 11 is 0. The van der Waals surface area contributed by atoms with Crippen LogP contribution in [0.5, 0.6) is 0 Å². The van der Waals surface area contributed by atoms with Gasteiger partial charge in [0.2, 0.25) is 11.8 Å². The van der Waals surface area contributed by atoms with Crippen LogP contribution >= 0.6 is 0 Å². The number of allylic oxidation sites excluding steroid dienone is 1. The van der Waals surface area contributed by atoms with Crippen molar-refractivity contribution in [2.24, 2.45) is 5.41 Å². The number of nitrogens with one attached hydrogen (secondary N) is 1. The number of imide groups is 2. The zero-order valence-corrected chi connectivity index (χ0v) is 9.96. The molecule has 5 nitrogen and oxygen atoms in total. The maximum absolute atomic E-state index is 11.9. The van der Waals surface area contributed by atoms with Gasteiger partial charge >= 0.3 is 6.03 Å². The summed E-state index contributed by atoms with van der Waals surface area (Å²) in [5.74, 6) is -1.00. The van der Waals surface area contributed by atoms with Gasteiger partial charge in [0.15, 0.2) is 0 Å². The lowest BCUT2D eigenvalue weighted by atomic mass is 9.89. The van der Waals surface area contributed by atoms with Crippen molar-refractivity contribution in [2.75, 3.05) is 6.54 Å². The van der Waals surface area contributed by atoms with Gasteiger partial charge in [-0.25, -0.2) is 4.79 Å². The summed E-state index contributed by atoms with van der Waals surface area (Å²) in [6.07, 6.45) is 1.77. The number of carbonyl (C=O) groups is 3. The number of nitrogens with zero attached hydrogens (tertiary/aromatic N) is 1. The van der Waals surface area contributed by atoms with E-state index in [0.29, 0.717) is 0 Å². The molecule has 1 aliphatic rings. The molecule has 5 heteroatoms. The molecule has 0 aliphatic carbocycles. The molecule has 1 aliphatic heterocycles. The van der Waals surface area contributed by atoms with Crippen molar-refractivity contribution >= 4 is 17.8 Å². The second-order valence-corrected chi connectivity index (χ2v) is 4.58. The minimum atomic E-state index is -1.18. The normalized spacial score (nSPS) is 19.5. The lowest BCUT2D eigenvalue weighted by Crippen LogP contribution is -2.61. The molecule has 4 amide bonds. The number of carbonyl (C=O) groups excluding carboxylic acids is 3. The Morgan fingerprint density at radius 3 is 2.38 bits per heavy atom. The topological polar surface area (TPSA) is 66.5 Å². The van der Waals surface area contributed by atoms with Crippen molar-refractivity contribution in [2.45, 2.75) is 27.7 Å². The zero-order valence-electron chi connectivity index (χ0n) is 9.96. The summed E-state index contributed by atoms with van der Waals surface area (Å²) in [6, 6.07) is -0.646. The third-order valence-corrected chi connectivity index (χ3v) is 2.50. The van der Waals surface area contributed by atoms with Crippen LogP contribution in [0.2, 0.25) is 0 Å². The third kappa shape index (κ3) is 2.13. The van der Waals surface area contributed by atoms with Gasteiger partial charge in [0.1, 0.15) is 5.41 Å². The van der Waals surface area contributed by atoms with Crippen molar-refractivity contribution in [3.05, 3.63) is 11.6 Å². The highest BCUT2D eigenvalue weighted by atomic mass is 16.2. The summed E-state index contributed by atoms with van der Waals surface area (Å²) in [5, 5.41) is 2.17. The van der Waals surface area contributed by atoms with Gasteiger partial charge in [-0.05, 0) is 27.7 Å². The Morgan fingerprint density at radius 1 is 1.31 bits per heavy atom. The standard InChI is InChI=1S/C11H16N2O3/c1-7(2)5-6-13-9(15)11(3,4)8(14)12-10(13)16/h5H,6H2,1-4H3,(H,12,14,16). The Kier molecular flexibility index (Phi) is 3.16. The highest BCUT2D eigenvalue weighted by Gasteiger charge is 2.46. The van der Waals surface area contributed by atoms with E-state index in [1.54, 1.807) is 6.08 Å². The molecule has 0 atom stereocenters. The molecule has 1 saturated heterocycles.